The van der Waals surface area contributed by atoms with Crippen LogP contribution >= 0.6 is 0 Å². The van der Waals surface area contributed by atoms with Gasteiger partial charge in [0.05, 0.1) is 0 Å². The lowest BCUT2D eigenvalue weighted by Crippen LogP contribution is -1.85. The first kappa shape index (κ1) is 10.6. The average molecular weight is 184 g/mol. The number of unbranched alkanes of at least 4 members (excludes halogenated alkanes) is 2. The van der Waals surface area contributed by atoms with Gasteiger partial charge in [0.25, 0.3) is 0 Å². The lowest BCUT2D eigenvalue weighted by atomic mass is 10.1. The maximum Gasteiger partial charge on any atom is 0.0242 e. The third-order valence-electron chi connectivity index (χ3n) is 2.24. The molecule has 0 heterocycles. The standard InChI is InChI=1S/C14H16/c1-3-5-6-7-8-14-11-9-13(4-2)10-12-14/h2-3,9-12H,1,5-8H2. The molecule has 0 fully saturated rings. The van der Waals surface area contributed by atoms with E-state index >= 15 is 0 Å². The van der Waals surface area contributed by atoms with Crippen LogP contribution in [0.15, 0.2) is 36.9 Å². The van der Waals surface area contributed by atoms with Crippen molar-refractivity contribution in [2.75, 3.05) is 0 Å². The minimum absolute atomic E-state index is 0.958. The lowest BCUT2D eigenvalue weighted by Gasteiger charge is -2.00. The molecule has 1 rings (SSSR count). The minimum Gasteiger partial charge on any atom is -0.115 e. The van der Waals surface area contributed by atoms with Crippen LogP contribution in [0.1, 0.15) is 30.4 Å². The normalized spacial score (nSPS) is 9.36. The van der Waals surface area contributed by atoms with Gasteiger partial charge in [-0.3, -0.25) is 0 Å². The van der Waals surface area contributed by atoms with E-state index in [2.05, 4.69) is 24.6 Å². The van der Waals surface area contributed by atoms with Crippen molar-refractivity contribution in [1.29, 1.82) is 0 Å². The predicted octanol–water partition coefficient (Wildman–Crippen LogP) is 3.57. The smallest absolute Gasteiger partial charge is 0.0242 e. The van der Waals surface area contributed by atoms with Gasteiger partial charge >= 0.3 is 0 Å². The highest BCUT2D eigenvalue weighted by atomic mass is 14.0. The van der Waals surface area contributed by atoms with E-state index in [-0.39, 0.29) is 0 Å². The van der Waals surface area contributed by atoms with Crippen LogP contribution in [0.2, 0.25) is 0 Å². The van der Waals surface area contributed by atoms with Crippen molar-refractivity contribution in [2.45, 2.75) is 25.7 Å². The molecule has 14 heavy (non-hydrogen) atoms. The molecule has 0 nitrogen and oxygen atoms in total. The molecule has 0 unspecified atom stereocenters. The Hall–Kier alpha value is -1.48. The third kappa shape index (κ3) is 3.49. The zero-order valence-electron chi connectivity index (χ0n) is 8.50. The molecule has 0 aliphatic rings. The highest BCUT2D eigenvalue weighted by Crippen LogP contribution is 2.08. The van der Waals surface area contributed by atoms with Crippen LogP contribution in [0.5, 0.6) is 0 Å². The molecule has 1 aromatic carbocycles. The van der Waals surface area contributed by atoms with Gasteiger partial charge in [-0.2, -0.15) is 0 Å². The van der Waals surface area contributed by atoms with Crippen LogP contribution in [-0.2, 0) is 6.42 Å². The molecule has 0 N–H and O–H groups in total. The van der Waals surface area contributed by atoms with Crippen LogP contribution in [0.25, 0.3) is 0 Å². The Balaban J connectivity index is 2.37. The number of allylic oxidation sites excluding steroid dienone is 1. The first-order chi connectivity index (χ1) is 6.86. The van der Waals surface area contributed by atoms with Gasteiger partial charge in [0, 0.05) is 5.56 Å². The maximum absolute atomic E-state index is 5.28. The van der Waals surface area contributed by atoms with Crippen LogP contribution in [0, 0.1) is 12.3 Å². The van der Waals surface area contributed by atoms with Gasteiger partial charge in [-0.15, -0.1) is 13.0 Å². The molecule has 0 saturated heterocycles. The highest BCUT2D eigenvalue weighted by molar-refractivity contribution is 5.34. The fourth-order valence-corrected chi connectivity index (χ4v) is 1.39. The van der Waals surface area contributed by atoms with E-state index in [4.69, 9.17) is 6.42 Å². The second kappa shape index (κ2) is 6.05. The number of aryl methyl sites for hydroxylation is 1. The monoisotopic (exact) mass is 184 g/mol. The molecule has 0 saturated carbocycles. The first-order valence-corrected chi connectivity index (χ1v) is 5.03. The van der Waals surface area contributed by atoms with E-state index in [1.54, 1.807) is 0 Å². The molecular formula is C14H16. The molecule has 0 spiro atoms. The number of rotatable bonds is 5. The van der Waals surface area contributed by atoms with E-state index in [0.717, 1.165) is 18.4 Å². The summed E-state index contributed by atoms with van der Waals surface area (Å²) in [6.45, 7) is 3.71. The van der Waals surface area contributed by atoms with Crippen molar-refractivity contribution >= 4 is 0 Å². The summed E-state index contributed by atoms with van der Waals surface area (Å²) in [6.07, 6.45) is 11.9. The molecule has 0 aliphatic carbocycles. The fraction of sp³-hybridized carbons (Fsp3) is 0.286. The van der Waals surface area contributed by atoms with Crippen LogP contribution in [0.3, 0.4) is 0 Å². The Labute approximate surface area is 86.7 Å². The molecule has 0 radical (unpaired) electrons. The summed E-state index contributed by atoms with van der Waals surface area (Å²) in [5.41, 5.74) is 2.33. The maximum atomic E-state index is 5.28. The molecule has 72 valence electrons. The van der Waals surface area contributed by atoms with Crippen LogP contribution in [0.4, 0.5) is 0 Å². The van der Waals surface area contributed by atoms with Crippen LogP contribution in [-0.4, -0.2) is 0 Å². The van der Waals surface area contributed by atoms with Crippen molar-refractivity contribution in [1.82, 2.24) is 0 Å². The highest BCUT2D eigenvalue weighted by Gasteiger charge is 1.92. The number of terminal acetylenes is 1. The van der Waals surface area contributed by atoms with Gasteiger partial charge in [-0.25, -0.2) is 0 Å². The van der Waals surface area contributed by atoms with Crippen LogP contribution < -0.4 is 0 Å². The Bertz CT molecular complexity index is 311. The molecule has 1 aromatic rings. The van der Waals surface area contributed by atoms with E-state index in [9.17, 15) is 0 Å². The second-order valence-electron chi connectivity index (χ2n) is 3.38. The van der Waals surface area contributed by atoms with Crippen molar-refractivity contribution in [3.05, 3.63) is 48.0 Å². The van der Waals surface area contributed by atoms with Crippen molar-refractivity contribution in [3.8, 4) is 12.3 Å². The Morgan fingerprint density at radius 1 is 1.21 bits per heavy atom. The van der Waals surface area contributed by atoms with Crippen molar-refractivity contribution in [3.63, 3.8) is 0 Å². The summed E-state index contributed by atoms with van der Waals surface area (Å²) in [6, 6.07) is 8.23. The summed E-state index contributed by atoms with van der Waals surface area (Å²) in [5, 5.41) is 0. The van der Waals surface area contributed by atoms with Crippen molar-refractivity contribution < 1.29 is 0 Å². The third-order valence-corrected chi connectivity index (χ3v) is 2.24. The Morgan fingerprint density at radius 2 is 1.93 bits per heavy atom. The van der Waals surface area contributed by atoms with E-state index in [0.29, 0.717) is 0 Å². The molecule has 0 heteroatoms. The Morgan fingerprint density at radius 3 is 2.50 bits per heavy atom. The first-order valence-electron chi connectivity index (χ1n) is 5.03. The summed E-state index contributed by atoms with van der Waals surface area (Å²) < 4.78 is 0. The minimum atomic E-state index is 0.958. The van der Waals surface area contributed by atoms with E-state index < -0.39 is 0 Å². The second-order valence-corrected chi connectivity index (χ2v) is 3.38. The van der Waals surface area contributed by atoms with E-state index in [1.165, 1.54) is 18.4 Å². The number of hydrogen-bond acceptors (Lipinski definition) is 0. The lowest BCUT2D eigenvalue weighted by molar-refractivity contribution is 0.748. The zero-order chi connectivity index (χ0) is 10.2. The van der Waals surface area contributed by atoms with Crippen molar-refractivity contribution in [2.24, 2.45) is 0 Å². The summed E-state index contributed by atoms with van der Waals surface area (Å²) >= 11 is 0. The summed E-state index contributed by atoms with van der Waals surface area (Å²) in [7, 11) is 0. The van der Waals surface area contributed by atoms with Gasteiger partial charge in [0.1, 0.15) is 0 Å². The zero-order valence-corrected chi connectivity index (χ0v) is 8.50. The van der Waals surface area contributed by atoms with Gasteiger partial charge in [0.15, 0.2) is 0 Å². The molecule has 0 atom stereocenters. The SMILES string of the molecule is C#Cc1ccc(CCCCC=C)cc1. The number of benzene rings is 1. The Kier molecular flexibility index (Phi) is 4.58. The largest absolute Gasteiger partial charge is 0.115 e. The molecular weight excluding hydrogens is 168 g/mol. The van der Waals surface area contributed by atoms with E-state index in [1.807, 2.05) is 18.2 Å². The molecule has 0 aliphatic heterocycles. The molecule has 0 amide bonds. The molecule has 0 bridgehead atoms. The average Bonchev–Trinajstić information content (AvgIpc) is 2.25. The van der Waals surface area contributed by atoms with Gasteiger partial charge < -0.3 is 0 Å². The quantitative estimate of drug-likeness (QED) is 0.373. The summed E-state index contributed by atoms with van der Waals surface area (Å²) in [5.74, 6) is 2.62. The fourth-order valence-electron chi connectivity index (χ4n) is 1.39. The predicted molar refractivity (Wildman–Crippen MR) is 62.1 cm³/mol. The van der Waals surface area contributed by atoms with Gasteiger partial charge in [0.2, 0.25) is 0 Å². The number of hydrogen-bond donors (Lipinski definition) is 0. The summed E-state index contributed by atoms with van der Waals surface area (Å²) in [4.78, 5) is 0. The van der Waals surface area contributed by atoms with Gasteiger partial charge in [-0.1, -0.05) is 24.1 Å². The topological polar surface area (TPSA) is 0 Å². The van der Waals surface area contributed by atoms with Gasteiger partial charge in [-0.05, 0) is 43.4 Å². The molecule has 0 aromatic heterocycles.